The first-order chi connectivity index (χ1) is 19.4. The maximum atomic E-state index is 13.0. The number of nitrogens with zero attached hydrogens (tertiary/aromatic N) is 3. The van der Waals surface area contributed by atoms with Crippen LogP contribution in [0.5, 0.6) is 0 Å². The van der Waals surface area contributed by atoms with Gasteiger partial charge in [-0.2, -0.15) is 4.98 Å². The molecule has 3 N–H and O–H groups in total. The molecule has 0 aliphatic rings. The third kappa shape index (κ3) is 6.60. The summed E-state index contributed by atoms with van der Waals surface area (Å²) in [5.41, 5.74) is 4.80. The molecule has 1 unspecified atom stereocenters. The van der Waals surface area contributed by atoms with E-state index in [0.717, 1.165) is 28.7 Å². The Hall–Kier alpha value is -4.38. The SMILES string of the molecule is Cc1ccccc1-c1nc(-c2ccc(S(=O)(=O)Nc3ccc(CCNCC(O)c4cccnc4)cc3)cc2)no1. The molecule has 2 aromatic heterocycles. The molecule has 1 atom stereocenters. The lowest BCUT2D eigenvalue weighted by Crippen LogP contribution is -2.23. The maximum absolute atomic E-state index is 13.0. The van der Waals surface area contributed by atoms with E-state index < -0.39 is 16.1 Å². The quantitative estimate of drug-likeness (QED) is 0.199. The molecule has 0 aliphatic heterocycles. The van der Waals surface area contributed by atoms with Gasteiger partial charge in [0.2, 0.25) is 5.82 Å². The van der Waals surface area contributed by atoms with E-state index in [9.17, 15) is 13.5 Å². The van der Waals surface area contributed by atoms with E-state index in [-0.39, 0.29) is 4.90 Å². The summed E-state index contributed by atoms with van der Waals surface area (Å²) in [5.74, 6) is 0.792. The van der Waals surface area contributed by atoms with Gasteiger partial charge < -0.3 is 14.9 Å². The molecule has 204 valence electrons. The van der Waals surface area contributed by atoms with Crippen LogP contribution in [0, 0.1) is 6.92 Å². The smallest absolute Gasteiger partial charge is 0.261 e. The van der Waals surface area contributed by atoms with Crippen LogP contribution in [0.15, 0.2) is 107 Å². The molecule has 0 saturated heterocycles. The number of hydrogen-bond donors (Lipinski definition) is 3. The van der Waals surface area contributed by atoms with Crippen LogP contribution >= 0.6 is 0 Å². The van der Waals surface area contributed by atoms with Crippen LogP contribution in [0.3, 0.4) is 0 Å². The van der Waals surface area contributed by atoms with Crippen LogP contribution in [0.25, 0.3) is 22.8 Å². The van der Waals surface area contributed by atoms with Gasteiger partial charge in [0.15, 0.2) is 0 Å². The lowest BCUT2D eigenvalue weighted by Gasteiger charge is -2.12. The van der Waals surface area contributed by atoms with Crippen molar-refractivity contribution in [1.29, 1.82) is 0 Å². The Morgan fingerprint density at radius 2 is 1.73 bits per heavy atom. The van der Waals surface area contributed by atoms with Crippen molar-refractivity contribution in [3.8, 4) is 22.8 Å². The van der Waals surface area contributed by atoms with Gasteiger partial charge in [-0.15, -0.1) is 0 Å². The molecule has 9 nitrogen and oxygen atoms in total. The monoisotopic (exact) mass is 555 g/mol. The fraction of sp³-hybridized carbons (Fsp3) is 0.167. The Balaban J connectivity index is 1.15. The zero-order valence-corrected chi connectivity index (χ0v) is 22.7. The van der Waals surface area contributed by atoms with Crippen LogP contribution in [-0.2, 0) is 16.4 Å². The van der Waals surface area contributed by atoms with Gasteiger partial charge in [0.05, 0.1) is 11.0 Å². The fourth-order valence-corrected chi connectivity index (χ4v) is 5.22. The highest BCUT2D eigenvalue weighted by Crippen LogP contribution is 2.26. The van der Waals surface area contributed by atoms with Crippen molar-refractivity contribution in [1.82, 2.24) is 20.4 Å². The van der Waals surface area contributed by atoms with E-state index in [1.54, 1.807) is 42.7 Å². The van der Waals surface area contributed by atoms with Gasteiger partial charge >= 0.3 is 0 Å². The number of aryl methyl sites for hydroxylation is 1. The number of aliphatic hydroxyl groups excluding tert-OH is 1. The number of nitrogens with one attached hydrogen (secondary N) is 2. The third-order valence-corrected chi connectivity index (χ3v) is 7.82. The van der Waals surface area contributed by atoms with Crippen molar-refractivity contribution in [2.24, 2.45) is 0 Å². The molecule has 3 aromatic carbocycles. The number of aliphatic hydroxyl groups is 1. The van der Waals surface area contributed by atoms with Crippen molar-refractivity contribution in [2.75, 3.05) is 17.8 Å². The van der Waals surface area contributed by atoms with Gasteiger partial charge in [-0.3, -0.25) is 9.71 Å². The largest absolute Gasteiger partial charge is 0.387 e. The third-order valence-electron chi connectivity index (χ3n) is 6.43. The van der Waals surface area contributed by atoms with E-state index in [2.05, 4.69) is 25.2 Å². The van der Waals surface area contributed by atoms with E-state index in [0.29, 0.717) is 36.1 Å². The highest BCUT2D eigenvalue weighted by molar-refractivity contribution is 7.92. The summed E-state index contributed by atoms with van der Waals surface area (Å²) in [6.45, 7) is 3.06. The van der Waals surface area contributed by atoms with Crippen molar-refractivity contribution in [2.45, 2.75) is 24.3 Å². The van der Waals surface area contributed by atoms with Crippen LogP contribution < -0.4 is 10.0 Å². The number of hydrogen-bond acceptors (Lipinski definition) is 8. The van der Waals surface area contributed by atoms with Gasteiger partial charge in [0.25, 0.3) is 15.9 Å². The lowest BCUT2D eigenvalue weighted by atomic mass is 10.1. The van der Waals surface area contributed by atoms with Crippen molar-refractivity contribution < 1.29 is 18.0 Å². The summed E-state index contributed by atoms with van der Waals surface area (Å²) in [7, 11) is -3.78. The first-order valence-corrected chi connectivity index (χ1v) is 14.3. The predicted octanol–water partition coefficient (Wildman–Crippen LogP) is 4.77. The van der Waals surface area contributed by atoms with E-state index >= 15 is 0 Å². The molecule has 0 bridgehead atoms. The maximum Gasteiger partial charge on any atom is 0.261 e. The van der Waals surface area contributed by atoms with E-state index in [1.165, 1.54) is 12.1 Å². The molecular formula is C30H29N5O4S. The molecule has 5 rings (SSSR count). The average molecular weight is 556 g/mol. The summed E-state index contributed by atoms with van der Waals surface area (Å²) in [6, 6.07) is 24.9. The van der Waals surface area contributed by atoms with Gasteiger partial charge in [0.1, 0.15) is 0 Å². The summed E-state index contributed by atoms with van der Waals surface area (Å²) in [4.78, 5) is 8.61. The zero-order chi connectivity index (χ0) is 28.0. The number of aromatic nitrogens is 3. The van der Waals surface area contributed by atoms with Crippen molar-refractivity contribution in [3.63, 3.8) is 0 Å². The molecule has 5 aromatic rings. The molecular weight excluding hydrogens is 526 g/mol. The van der Waals surface area contributed by atoms with Gasteiger partial charge in [-0.05, 0) is 79.5 Å². The lowest BCUT2D eigenvalue weighted by molar-refractivity contribution is 0.174. The molecule has 0 fully saturated rings. The van der Waals surface area contributed by atoms with Crippen molar-refractivity contribution in [3.05, 3.63) is 114 Å². The molecule has 0 saturated carbocycles. The standard InChI is InChI=1S/C30H29N5O4S/c1-21-5-2-3-7-27(21)30-33-29(34-39-30)23-10-14-26(15-11-23)40(37,38)35-25-12-8-22(9-13-25)16-18-32-20-28(36)24-6-4-17-31-19-24/h2-15,17,19,28,32,35-36H,16,18,20H2,1H3. The molecule has 0 spiro atoms. The van der Waals surface area contributed by atoms with E-state index in [4.69, 9.17) is 4.52 Å². The van der Waals surface area contributed by atoms with E-state index in [1.807, 2.05) is 49.4 Å². The normalized spacial score (nSPS) is 12.2. The number of benzene rings is 3. The highest BCUT2D eigenvalue weighted by Gasteiger charge is 2.17. The van der Waals surface area contributed by atoms with Crippen LogP contribution in [0.4, 0.5) is 5.69 Å². The summed E-state index contributed by atoms with van der Waals surface area (Å²) < 4.78 is 34.0. The molecule has 0 radical (unpaired) electrons. The zero-order valence-electron chi connectivity index (χ0n) is 21.9. The second-order valence-electron chi connectivity index (χ2n) is 9.32. The average Bonchev–Trinajstić information content (AvgIpc) is 3.47. The topological polar surface area (TPSA) is 130 Å². The molecule has 0 aliphatic carbocycles. The summed E-state index contributed by atoms with van der Waals surface area (Å²) in [6.07, 6.45) is 3.43. The van der Waals surface area contributed by atoms with Gasteiger partial charge in [-0.1, -0.05) is 41.6 Å². The number of pyridine rings is 1. The van der Waals surface area contributed by atoms with Crippen LogP contribution in [0.2, 0.25) is 0 Å². The second-order valence-corrected chi connectivity index (χ2v) is 11.0. The van der Waals surface area contributed by atoms with Crippen molar-refractivity contribution >= 4 is 15.7 Å². The number of sulfonamides is 1. The van der Waals surface area contributed by atoms with Gasteiger partial charge in [-0.25, -0.2) is 8.42 Å². The molecule has 40 heavy (non-hydrogen) atoms. The first-order valence-electron chi connectivity index (χ1n) is 12.8. The number of anilines is 1. The Kier molecular flexibility index (Phi) is 8.30. The fourth-order valence-electron chi connectivity index (χ4n) is 4.16. The number of rotatable bonds is 11. The Labute approximate surface area is 233 Å². The first kappa shape index (κ1) is 27.2. The molecule has 2 heterocycles. The Bertz CT molecular complexity index is 1650. The van der Waals surface area contributed by atoms with Gasteiger partial charge in [0, 0.05) is 41.3 Å². The minimum absolute atomic E-state index is 0.124. The Morgan fingerprint density at radius 1 is 0.950 bits per heavy atom. The Morgan fingerprint density at radius 3 is 2.45 bits per heavy atom. The van der Waals surface area contributed by atoms with Crippen LogP contribution in [-0.4, -0.2) is 41.7 Å². The minimum Gasteiger partial charge on any atom is -0.387 e. The second kappa shape index (κ2) is 12.2. The minimum atomic E-state index is -3.78. The highest BCUT2D eigenvalue weighted by atomic mass is 32.2. The molecule has 0 amide bonds. The summed E-state index contributed by atoms with van der Waals surface area (Å²) >= 11 is 0. The van der Waals surface area contributed by atoms with Crippen LogP contribution in [0.1, 0.15) is 22.8 Å². The summed E-state index contributed by atoms with van der Waals surface area (Å²) in [5, 5.41) is 17.5. The molecule has 10 heteroatoms. The predicted molar refractivity (Wildman–Crippen MR) is 153 cm³/mol.